The molecule has 9 nitrogen and oxygen atoms in total. The number of H-pyrrole nitrogens is 1. The molecule has 4 fully saturated rings. The van der Waals surface area contributed by atoms with Crippen molar-refractivity contribution in [2.75, 3.05) is 19.6 Å². The number of rotatable bonds is 4. The number of carbonyl (C=O) groups excluding carboxylic acids is 1. The van der Waals surface area contributed by atoms with Gasteiger partial charge in [0.1, 0.15) is 11.9 Å². The molecule has 11 heteroatoms. The molecule has 1 aromatic heterocycles. The van der Waals surface area contributed by atoms with Crippen LogP contribution in [0.3, 0.4) is 0 Å². The van der Waals surface area contributed by atoms with Crippen molar-refractivity contribution < 1.29 is 27.3 Å². The first-order valence-electron chi connectivity index (χ1n) is 10.4. The molecule has 4 aliphatic heterocycles. The Bertz CT molecular complexity index is 1360. The van der Waals surface area contributed by atoms with E-state index in [0.29, 0.717) is 41.5 Å². The molecule has 4 saturated heterocycles. The van der Waals surface area contributed by atoms with Crippen LogP contribution in [0.4, 0.5) is 4.39 Å². The molecule has 1 N–H and O–H groups in total. The lowest BCUT2D eigenvalue weighted by Gasteiger charge is -2.49. The van der Waals surface area contributed by atoms with Crippen LogP contribution in [0, 0.1) is 17.1 Å². The fourth-order valence-electron chi connectivity index (χ4n) is 4.65. The van der Waals surface area contributed by atoms with Crippen molar-refractivity contribution in [2.45, 2.75) is 18.6 Å². The van der Waals surface area contributed by atoms with Gasteiger partial charge in [0, 0.05) is 31.2 Å². The average molecular weight is 468 g/mol. The highest BCUT2D eigenvalue weighted by atomic mass is 31.2. The van der Waals surface area contributed by atoms with E-state index in [2.05, 4.69) is 11.1 Å². The van der Waals surface area contributed by atoms with Crippen LogP contribution in [-0.2, 0) is 24.6 Å². The Hall–Kier alpha value is -3.06. The summed E-state index contributed by atoms with van der Waals surface area (Å²) < 4.78 is 42.5. The second-order valence-electron chi connectivity index (χ2n) is 8.13. The summed E-state index contributed by atoms with van der Waals surface area (Å²) in [5, 5.41) is 9.94. The number of nitriles is 1. The van der Waals surface area contributed by atoms with Gasteiger partial charge in [0.25, 0.3) is 5.91 Å². The van der Waals surface area contributed by atoms with Gasteiger partial charge in [-0.15, -0.1) is 0 Å². The highest BCUT2D eigenvalue weighted by Gasteiger charge is 2.77. The van der Waals surface area contributed by atoms with Gasteiger partial charge in [0.05, 0.1) is 16.6 Å². The molecule has 1 atom stereocenters. The number of para-hydroxylation sites is 1. The van der Waals surface area contributed by atoms with E-state index in [1.807, 2.05) is 4.90 Å². The molecule has 4 aliphatic rings. The number of phosphoric ester groups is 1. The SMILES string of the molecule is N#Cc1c[nH]c2c(C(=O)N3CCN(CCc4ccc(F)cc4)C4OP5(=O)OC43O5)cccc12. The quantitative estimate of drug-likeness (QED) is 0.585. The van der Waals surface area contributed by atoms with Crippen molar-refractivity contribution in [3.8, 4) is 6.07 Å². The van der Waals surface area contributed by atoms with Gasteiger partial charge < -0.3 is 4.98 Å². The lowest BCUT2D eigenvalue weighted by molar-refractivity contribution is -0.297. The van der Waals surface area contributed by atoms with E-state index in [-0.39, 0.29) is 18.3 Å². The molecule has 0 aliphatic carbocycles. The maximum absolute atomic E-state index is 13.6. The van der Waals surface area contributed by atoms with E-state index < -0.39 is 20.0 Å². The number of nitrogens with zero attached hydrogens (tertiary/aromatic N) is 3. The lowest BCUT2D eigenvalue weighted by atomic mass is 10.1. The number of phosphoric acid groups is 1. The van der Waals surface area contributed by atoms with Crippen LogP contribution in [0.15, 0.2) is 48.7 Å². The van der Waals surface area contributed by atoms with Crippen molar-refractivity contribution in [2.24, 2.45) is 0 Å². The molecule has 33 heavy (non-hydrogen) atoms. The third-order valence-electron chi connectivity index (χ3n) is 6.26. The van der Waals surface area contributed by atoms with Gasteiger partial charge in [0.15, 0.2) is 6.23 Å². The third-order valence-corrected chi connectivity index (χ3v) is 7.69. The number of hydrogen-bond donors (Lipinski definition) is 1. The fourth-order valence-corrected chi connectivity index (χ4v) is 6.28. The van der Waals surface area contributed by atoms with E-state index >= 15 is 0 Å². The first-order chi connectivity index (χ1) is 15.9. The normalized spacial score (nSPS) is 28.4. The molecule has 3 aromatic rings. The summed E-state index contributed by atoms with van der Waals surface area (Å²) in [5.41, 5.74) is 2.26. The summed E-state index contributed by atoms with van der Waals surface area (Å²) in [6, 6.07) is 13.4. The van der Waals surface area contributed by atoms with Crippen LogP contribution in [0.5, 0.6) is 0 Å². The number of hydrogen-bond acceptors (Lipinski definition) is 7. The molecule has 0 radical (unpaired) electrons. The van der Waals surface area contributed by atoms with Gasteiger partial charge in [-0.1, -0.05) is 24.3 Å². The van der Waals surface area contributed by atoms with Crippen molar-refractivity contribution >= 4 is 24.6 Å². The molecular formula is C22H18FN4O5P. The van der Waals surface area contributed by atoms with E-state index in [0.717, 1.165) is 5.56 Å². The van der Waals surface area contributed by atoms with E-state index in [1.54, 1.807) is 36.5 Å². The zero-order chi connectivity index (χ0) is 22.8. The fraction of sp³-hybridized carbons (Fsp3) is 0.273. The summed E-state index contributed by atoms with van der Waals surface area (Å²) in [6.45, 7) is 1.21. The van der Waals surface area contributed by atoms with Gasteiger partial charge in [0.2, 0.25) is 0 Å². The largest absolute Gasteiger partial charge is 0.484 e. The Morgan fingerprint density at radius 2 is 2.03 bits per heavy atom. The van der Waals surface area contributed by atoms with Crippen LogP contribution in [0.25, 0.3) is 10.9 Å². The highest BCUT2D eigenvalue weighted by Crippen LogP contribution is 2.75. The molecule has 2 aromatic carbocycles. The maximum Gasteiger partial charge on any atom is 0.484 e. The second kappa shape index (κ2) is 7.22. The summed E-state index contributed by atoms with van der Waals surface area (Å²) in [7, 11) is -3.71. The number of aromatic nitrogens is 1. The number of nitrogens with one attached hydrogen (secondary N) is 1. The number of halogens is 1. The number of aromatic amines is 1. The summed E-state index contributed by atoms with van der Waals surface area (Å²) in [4.78, 5) is 19.9. The van der Waals surface area contributed by atoms with Crippen LogP contribution in [0.1, 0.15) is 21.5 Å². The standard InChI is InChI=1S/C22H18FN4O5P/c23-16-6-4-14(5-7-16)8-9-26-10-11-27(22-21(26)30-33(29,31-22)32-22)20(28)18-3-1-2-17-15(12-24)13-25-19(17)18/h1-7,13,21,25H,8-11H2. The average Bonchev–Trinajstić information content (AvgIpc) is 3.45. The summed E-state index contributed by atoms with van der Waals surface area (Å²) >= 11 is 0. The zero-order valence-corrected chi connectivity index (χ0v) is 18.1. The first-order valence-corrected chi connectivity index (χ1v) is 11.9. The third kappa shape index (κ3) is 3.05. The van der Waals surface area contributed by atoms with E-state index in [1.165, 1.54) is 17.0 Å². The van der Waals surface area contributed by atoms with Gasteiger partial charge in [-0.3, -0.25) is 19.1 Å². The van der Waals surface area contributed by atoms with Crippen LogP contribution < -0.4 is 0 Å². The molecule has 1 amide bonds. The molecule has 1 spiro atoms. The second-order valence-corrected chi connectivity index (χ2v) is 9.60. The predicted octanol–water partition coefficient (Wildman–Crippen LogP) is 3.34. The van der Waals surface area contributed by atoms with Crippen LogP contribution >= 0.6 is 7.82 Å². The minimum atomic E-state index is -3.71. The molecule has 2 bridgehead atoms. The summed E-state index contributed by atoms with van der Waals surface area (Å²) in [6.07, 6.45) is 1.31. The van der Waals surface area contributed by atoms with E-state index in [4.69, 9.17) is 13.6 Å². The van der Waals surface area contributed by atoms with Crippen molar-refractivity contribution in [3.05, 3.63) is 71.2 Å². The topological polar surface area (TPSA) is 108 Å². The van der Waals surface area contributed by atoms with Gasteiger partial charge in [-0.05, 0) is 30.2 Å². The molecular weight excluding hydrogens is 450 g/mol. The highest BCUT2D eigenvalue weighted by molar-refractivity contribution is 7.50. The lowest BCUT2D eigenvalue weighted by Crippen LogP contribution is -2.70. The Kier molecular flexibility index (Phi) is 4.49. The number of piperazine rings is 1. The van der Waals surface area contributed by atoms with Crippen molar-refractivity contribution in [1.82, 2.24) is 14.8 Å². The Morgan fingerprint density at radius 3 is 2.79 bits per heavy atom. The minimum Gasteiger partial charge on any atom is -0.359 e. The Labute approximate surface area is 187 Å². The Morgan fingerprint density at radius 1 is 1.24 bits per heavy atom. The first kappa shape index (κ1) is 20.5. The van der Waals surface area contributed by atoms with Gasteiger partial charge in [-0.2, -0.15) is 5.26 Å². The number of benzene rings is 2. The van der Waals surface area contributed by atoms with Crippen molar-refractivity contribution in [1.29, 1.82) is 5.26 Å². The molecule has 7 rings (SSSR count). The zero-order valence-electron chi connectivity index (χ0n) is 17.2. The van der Waals surface area contributed by atoms with Crippen LogP contribution in [-0.4, -0.2) is 52.5 Å². The molecule has 0 saturated carbocycles. The van der Waals surface area contributed by atoms with Gasteiger partial charge >= 0.3 is 13.7 Å². The number of amides is 1. The Balaban J connectivity index is 1.28. The molecule has 1 unspecified atom stereocenters. The van der Waals surface area contributed by atoms with Gasteiger partial charge in [-0.25, -0.2) is 18.0 Å². The monoisotopic (exact) mass is 468 g/mol. The minimum absolute atomic E-state index is 0.254. The van der Waals surface area contributed by atoms with Crippen molar-refractivity contribution in [3.63, 3.8) is 0 Å². The van der Waals surface area contributed by atoms with E-state index in [9.17, 15) is 19.0 Å². The number of carbonyl (C=O) groups is 1. The maximum atomic E-state index is 13.6. The summed E-state index contributed by atoms with van der Waals surface area (Å²) in [5.74, 6) is -2.28. The van der Waals surface area contributed by atoms with Crippen LogP contribution in [0.2, 0.25) is 0 Å². The molecule has 168 valence electrons. The molecule has 5 heterocycles. The smallest absolute Gasteiger partial charge is 0.359 e. The predicted molar refractivity (Wildman–Crippen MR) is 113 cm³/mol. The number of fused-ring (bicyclic) bond motifs is 1.